The van der Waals surface area contributed by atoms with Crippen LogP contribution in [-0.2, 0) is 11.3 Å². The first-order valence-electron chi connectivity index (χ1n) is 4.87. The fourth-order valence-corrected chi connectivity index (χ4v) is 1.11. The molecule has 0 radical (unpaired) electrons. The number of hydrogen-bond donors (Lipinski definition) is 3. The molecule has 88 valence electrons. The smallest absolute Gasteiger partial charge is 0.336 e. The lowest BCUT2D eigenvalue weighted by Gasteiger charge is -2.18. The molecule has 6 nitrogen and oxygen atoms in total. The van der Waals surface area contributed by atoms with Crippen LogP contribution in [0.1, 0.15) is 18.4 Å². The lowest BCUT2D eigenvalue weighted by molar-refractivity contribution is -0.156. The number of nitrogens with one attached hydrogen (secondary N) is 1. The molecule has 0 amide bonds. The molecule has 0 aliphatic heterocycles. The van der Waals surface area contributed by atoms with Crippen molar-refractivity contribution in [2.75, 3.05) is 6.54 Å². The molecule has 0 saturated heterocycles. The third-order valence-electron chi connectivity index (χ3n) is 2.07. The van der Waals surface area contributed by atoms with Crippen LogP contribution in [0.25, 0.3) is 0 Å². The van der Waals surface area contributed by atoms with Crippen molar-refractivity contribution in [3.8, 4) is 0 Å². The van der Waals surface area contributed by atoms with Crippen LogP contribution in [0.15, 0.2) is 12.3 Å². The van der Waals surface area contributed by atoms with Gasteiger partial charge in [0.15, 0.2) is 5.60 Å². The molecular weight excluding hydrogens is 210 g/mol. The zero-order valence-corrected chi connectivity index (χ0v) is 9.27. The number of rotatable bonds is 5. The van der Waals surface area contributed by atoms with E-state index in [0.717, 1.165) is 5.69 Å². The molecule has 16 heavy (non-hydrogen) atoms. The van der Waals surface area contributed by atoms with Gasteiger partial charge in [0.25, 0.3) is 0 Å². The minimum Gasteiger partial charge on any atom is -0.479 e. The molecule has 1 atom stereocenters. The first-order valence-corrected chi connectivity index (χ1v) is 4.87. The highest BCUT2D eigenvalue weighted by Crippen LogP contribution is 2.01. The summed E-state index contributed by atoms with van der Waals surface area (Å²) in [5.74, 6) is -0.594. The summed E-state index contributed by atoms with van der Waals surface area (Å²) >= 11 is 0. The van der Waals surface area contributed by atoms with Gasteiger partial charge in [-0.3, -0.25) is 0 Å². The topological polar surface area (TPSA) is 95.3 Å². The molecule has 1 rings (SSSR count). The Bertz CT molecular complexity index is 379. The van der Waals surface area contributed by atoms with Gasteiger partial charge in [0, 0.05) is 19.3 Å². The number of carboxylic acids is 1. The maximum Gasteiger partial charge on any atom is 0.336 e. The van der Waals surface area contributed by atoms with Crippen molar-refractivity contribution in [2.45, 2.75) is 26.0 Å². The van der Waals surface area contributed by atoms with Crippen LogP contribution >= 0.6 is 0 Å². The van der Waals surface area contributed by atoms with Gasteiger partial charge < -0.3 is 15.5 Å². The minimum absolute atomic E-state index is 0.0363. The summed E-state index contributed by atoms with van der Waals surface area (Å²) in [6, 6.07) is 1.73. The molecule has 1 aromatic rings. The summed E-state index contributed by atoms with van der Waals surface area (Å²) in [7, 11) is 0. The Balaban J connectivity index is 2.45. The van der Waals surface area contributed by atoms with Crippen molar-refractivity contribution in [1.82, 2.24) is 15.3 Å². The zero-order chi connectivity index (χ0) is 12.2. The standard InChI is InChI=1S/C10H15N3O3/c1-7-12-4-3-8(13-7)5-11-6-10(2,16)9(14)15/h3-4,11,16H,5-6H2,1-2H3,(H,14,15). The van der Waals surface area contributed by atoms with Crippen LogP contribution in [0.5, 0.6) is 0 Å². The highest BCUT2D eigenvalue weighted by atomic mass is 16.4. The quantitative estimate of drug-likeness (QED) is 0.637. The Morgan fingerprint density at radius 1 is 1.62 bits per heavy atom. The first-order chi connectivity index (χ1) is 7.42. The molecule has 0 aliphatic carbocycles. The van der Waals surface area contributed by atoms with E-state index in [2.05, 4.69) is 15.3 Å². The number of hydrogen-bond acceptors (Lipinski definition) is 5. The van der Waals surface area contributed by atoms with E-state index in [1.807, 2.05) is 0 Å². The molecule has 6 heteroatoms. The number of aliphatic carboxylic acids is 1. The Morgan fingerprint density at radius 3 is 2.88 bits per heavy atom. The number of aliphatic hydroxyl groups is 1. The monoisotopic (exact) mass is 225 g/mol. The third kappa shape index (κ3) is 3.56. The lowest BCUT2D eigenvalue weighted by atomic mass is 10.1. The van der Waals surface area contributed by atoms with E-state index in [1.165, 1.54) is 6.92 Å². The van der Waals surface area contributed by atoms with Crippen LogP contribution in [0.4, 0.5) is 0 Å². The number of nitrogens with zero attached hydrogens (tertiary/aromatic N) is 2. The minimum atomic E-state index is -1.76. The summed E-state index contributed by atoms with van der Waals surface area (Å²) < 4.78 is 0. The number of carbonyl (C=O) groups is 1. The SMILES string of the molecule is Cc1nccc(CNCC(C)(O)C(=O)O)n1. The predicted molar refractivity (Wildman–Crippen MR) is 56.7 cm³/mol. The predicted octanol–water partition coefficient (Wildman–Crippen LogP) is -0.290. The molecule has 0 fully saturated rings. The van der Waals surface area contributed by atoms with E-state index < -0.39 is 11.6 Å². The normalized spacial score (nSPS) is 14.4. The van der Waals surface area contributed by atoms with Crippen LogP contribution in [-0.4, -0.2) is 38.3 Å². The number of carboxylic acid groups (broad SMARTS) is 1. The summed E-state index contributed by atoms with van der Waals surface area (Å²) in [5, 5.41) is 20.9. The van der Waals surface area contributed by atoms with Gasteiger partial charge in [0.1, 0.15) is 5.82 Å². The van der Waals surface area contributed by atoms with Gasteiger partial charge >= 0.3 is 5.97 Å². The van der Waals surface area contributed by atoms with Crippen LogP contribution in [0, 0.1) is 6.92 Å². The van der Waals surface area contributed by atoms with Gasteiger partial charge in [0.05, 0.1) is 5.69 Å². The van der Waals surface area contributed by atoms with Crippen LogP contribution in [0.3, 0.4) is 0 Å². The molecule has 1 aromatic heterocycles. The Kier molecular flexibility index (Phi) is 3.92. The van der Waals surface area contributed by atoms with Crippen molar-refractivity contribution in [2.24, 2.45) is 0 Å². The van der Waals surface area contributed by atoms with Crippen molar-refractivity contribution >= 4 is 5.97 Å². The molecule has 0 aliphatic rings. The zero-order valence-electron chi connectivity index (χ0n) is 9.27. The molecule has 0 aromatic carbocycles. The van der Waals surface area contributed by atoms with Crippen LogP contribution in [0.2, 0.25) is 0 Å². The van der Waals surface area contributed by atoms with Gasteiger partial charge in [-0.25, -0.2) is 14.8 Å². The maximum absolute atomic E-state index is 10.6. The molecule has 0 spiro atoms. The Labute approximate surface area is 93.4 Å². The molecular formula is C10H15N3O3. The average Bonchev–Trinajstić information content (AvgIpc) is 2.17. The van der Waals surface area contributed by atoms with E-state index in [4.69, 9.17) is 5.11 Å². The maximum atomic E-state index is 10.6. The molecule has 0 saturated carbocycles. The average molecular weight is 225 g/mol. The second-order valence-corrected chi connectivity index (χ2v) is 3.78. The van der Waals surface area contributed by atoms with E-state index in [9.17, 15) is 9.90 Å². The van der Waals surface area contributed by atoms with Gasteiger partial charge in [-0.2, -0.15) is 0 Å². The number of aryl methyl sites for hydroxylation is 1. The summed E-state index contributed by atoms with van der Waals surface area (Å²) in [4.78, 5) is 18.7. The first kappa shape index (κ1) is 12.5. The van der Waals surface area contributed by atoms with E-state index in [-0.39, 0.29) is 6.54 Å². The van der Waals surface area contributed by atoms with Gasteiger partial charge in [-0.05, 0) is 19.9 Å². The van der Waals surface area contributed by atoms with Crippen LogP contribution < -0.4 is 5.32 Å². The van der Waals surface area contributed by atoms with E-state index >= 15 is 0 Å². The van der Waals surface area contributed by atoms with Gasteiger partial charge in [0.2, 0.25) is 0 Å². The van der Waals surface area contributed by atoms with Crippen molar-refractivity contribution in [3.05, 3.63) is 23.8 Å². The van der Waals surface area contributed by atoms with Gasteiger partial charge in [-0.1, -0.05) is 0 Å². The second kappa shape index (κ2) is 5.00. The molecule has 3 N–H and O–H groups in total. The Morgan fingerprint density at radius 2 is 2.31 bits per heavy atom. The fourth-order valence-electron chi connectivity index (χ4n) is 1.11. The third-order valence-corrected chi connectivity index (χ3v) is 2.07. The second-order valence-electron chi connectivity index (χ2n) is 3.78. The Hall–Kier alpha value is -1.53. The highest BCUT2D eigenvalue weighted by Gasteiger charge is 2.28. The summed E-state index contributed by atoms with van der Waals surface area (Å²) in [5.41, 5.74) is -1.00. The molecule has 1 heterocycles. The highest BCUT2D eigenvalue weighted by molar-refractivity contribution is 5.76. The van der Waals surface area contributed by atoms with Crippen molar-refractivity contribution < 1.29 is 15.0 Å². The van der Waals surface area contributed by atoms with Crippen molar-refractivity contribution in [3.63, 3.8) is 0 Å². The lowest BCUT2D eigenvalue weighted by Crippen LogP contribution is -2.44. The van der Waals surface area contributed by atoms with Crippen molar-refractivity contribution in [1.29, 1.82) is 0 Å². The largest absolute Gasteiger partial charge is 0.479 e. The molecule has 0 bridgehead atoms. The van der Waals surface area contributed by atoms with E-state index in [0.29, 0.717) is 12.4 Å². The fraction of sp³-hybridized carbons (Fsp3) is 0.500. The summed E-state index contributed by atoms with van der Waals surface area (Å²) in [6.45, 7) is 3.38. The van der Waals surface area contributed by atoms with Gasteiger partial charge in [-0.15, -0.1) is 0 Å². The number of aromatic nitrogens is 2. The summed E-state index contributed by atoms with van der Waals surface area (Å²) in [6.07, 6.45) is 1.63. The molecule has 1 unspecified atom stereocenters. The van der Waals surface area contributed by atoms with E-state index in [1.54, 1.807) is 19.2 Å².